The highest BCUT2D eigenvalue weighted by molar-refractivity contribution is 7.89. The lowest BCUT2D eigenvalue weighted by Gasteiger charge is -2.46. The Morgan fingerprint density at radius 3 is 2.35 bits per heavy atom. The van der Waals surface area contributed by atoms with Crippen molar-refractivity contribution in [3.8, 4) is 0 Å². The molecule has 1 aromatic rings. The standard InChI is InChI=1S/C18H24F3N2O9PS/c19-18(20,21)15(12-31-33(25,26)27)32-16(24)22-8-6-17(7-9-22)13-23(10-11-30-17)34(28,29)14-4-2-1-3-5-14/h1-5,15H,6-13H2,(H2,25,26,27). The van der Waals surface area contributed by atoms with E-state index in [0.29, 0.717) is 0 Å². The van der Waals surface area contributed by atoms with Crippen LogP contribution < -0.4 is 0 Å². The predicted molar refractivity (Wildman–Crippen MR) is 109 cm³/mol. The Kier molecular flexibility index (Phi) is 7.97. The molecule has 192 valence electrons. The molecular formula is C18H24F3N2O9PS. The van der Waals surface area contributed by atoms with Crippen LogP contribution in [0.1, 0.15) is 12.8 Å². The van der Waals surface area contributed by atoms with E-state index in [0.717, 1.165) is 4.90 Å². The maximum Gasteiger partial charge on any atom is 0.469 e. The summed E-state index contributed by atoms with van der Waals surface area (Å²) in [5.41, 5.74) is -0.913. The van der Waals surface area contributed by atoms with Crippen molar-refractivity contribution in [2.24, 2.45) is 0 Å². The number of rotatable bonds is 6. The van der Waals surface area contributed by atoms with Crippen LogP contribution in [0.3, 0.4) is 0 Å². The molecule has 2 fully saturated rings. The second-order valence-electron chi connectivity index (χ2n) is 7.87. The number of morpholine rings is 1. The van der Waals surface area contributed by atoms with Crippen LogP contribution in [0.25, 0.3) is 0 Å². The molecule has 2 heterocycles. The first kappa shape index (κ1) is 26.9. The highest BCUT2D eigenvalue weighted by Crippen LogP contribution is 2.38. The molecule has 2 N–H and O–H groups in total. The van der Waals surface area contributed by atoms with Gasteiger partial charge in [-0.2, -0.15) is 17.5 Å². The molecule has 1 spiro atoms. The van der Waals surface area contributed by atoms with Gasteiger partial charge >= 0.3 is 20.1 Å². The minimum atomic E-state index is -5.20. The topological polar surface area (TPSA) is 143 Å². The van der Waals surface area contributed by atoms with Crippen molar-refractivity contribution in [2.45, 2.75) is 35.6 Å². The number of carbonyl (C=O) groups excluding carboxylic acids is 1. The van der Waals surface area contributed by atoms with E-state index in [1.807, 2.05) is 0 Å². The summed E-state index contributed by atoms with van der Waals surface area (Å²) in [7, 11) is -8.98. The molecule has 11 nitrogen and oxygen atoms in total. The van der Waals surface area contributed by atoms with Crippen LogP contribution in [0, 0.1) is 0 Å². The van der Waals surface area contributed by atoms with Gasteiger partial charge in [-0.1, -0.05) is 18.2 Å². The molecule has 0 aromatic heterocycles. The lowest BCUT2D eigenvalue weighted by molar-refractivity contribution is -0.214. The van der Waals surface area contributed by atoms with E-state index in [-0.39, 0.29) is 50.5 Å². The van der Waals surface area contributed by atoms with Gasteiger partial charge in [0.1, 0.15) is 6.61 Å². The summed E-state index contributed by atoms with van der Waals surface area (Å²) in [6.07, 6.45) is -9.02. The average molecular weight is 532 g/mol. The van der Waals surface area contributed by atoms with Crippen LogP contribution in [0.2, 0.25) is 0 Å². The molecule has 2 saturated heterocycles. The highest BCUT2D eigenvalue weighted by Gasteiger charge is 2.47. The number of likely N-dealkylation sites (tertiary alicyclic amines) is 1. The first-order chi connectivity index (χ1) is 15.7. The van der Waals surface area contributed by atoms with Crippen molar-refractivity contribution in [2.75, 3.05) is 39.4 Å². The van der Waals surface area contributed by atoms with E-state index in [9.17, 15) is 30.9 Å². The average Bonchev–Trinajstić information content (AvgIpc) is 2.76. The minimum absolute atomic E-state index is 0.0222. The van der Waals surface area contributed by atoms with Crippen molar-refractivity contribution in [1.82, 2.24) is 9.21 Å². The zero-order valence-electron chi connectivity index (χ0n) is 17.8. The number of amides is 1. The van der Waals surface area contributed by atoms with Gasteiger partial charge in [-0.05, 0) is 25.0 Å². The summed E-state index contributed by atoms with van der Waals surface area (Å²) in [5, 5.41) is 0. The molecule has 1 atom stereocenters. The Bertz CT molecular complexity index is 1010. The van der Waals surface area contributed by atoms with Crippen LogP contribution in [-0.4, -0.2) is 90.8 Å². The number of sulfonamides is 1. The van der Waals surface area contributed by atoms with Crippen LogP contribution >= 0.6 is 7.82 Å². The number of ether oxygens (including phenoxy) is 2. The van der Waals surface area contributed by atoms with Crippen LogP contribution in [0.4, 0.5) is 18.0 Å². The van der Waals surface area contributed by atoms with Gasteiger partial charge in [0.05, 0.1) is 17.1 Å². The largest absolute Gasteiger partial charge is 0.469 e. The molecule has 0 saturated carbocycles. The quantitative estimate of drug-likeness (QED) is 0.524. The number of hydrogen-bond acceptors (Lipinski definition) is 7. The predicted octanol–water partition coefficient (Wildman–Crippen LogP) is 1.72. The second-order valence-corrected chi connectivity index (χ2v) is 11.0. The Balaban J connectivity index is 1.61. The van der Waals surface area contributed by atoms with Gasteiger partial charge in [-0.15, -0.1) is 0 Å². The van der Waals surface area contributed by atoms with E-state index in [1.54, 1.807) is 18.2 Å². The smallest absolute Gasteiger partial charge is 0.434 e. The molecule has 2 aliphatic heterocycles. The Labute approximate surface area is 193 Å². The molecule has 1 amide bonds. The van der Waals surface area contributed by atoms with Gasteiger partial charge in [0.15, 0.2) is 0 Å². The van der Waals surface area contributed by atoms with Crippen molar-refractivity contribution in [1.29, 1.82) is 0 Å². The fourth-order valence-electron chi connectivity index (χ4n) is 3.71. The van der Waals surface area contributed by atoms with Crippen LogP contribution in [0.5, 0.6) is 0 Å². The molecule has 0 aliphatic carbocycles. The van der Waals surface area contributed by atoms with Gasteiger partial charge in [-0.25, -0.2) is 17.8 Å². The number of piperidine rings is 1. The molecule has 2 aliphatic rings. The third-order valence-corrected chi connectivity index (χ3v) is 7.87. The molecule has 3 rings (SSSR count). The zero-order chi connectivity index (χ0) is 25.2. The highest BCUT2D eigenvalue weighted by atomic mass is 32.2. The van der Waals surface area contributed by atoms with Crippen molar-refractivity contribution in [3.63, 3.8) is 0 Å². The summed E-state index contributed by atoms with van der Waals surface area (Å²) in [5.74, 6) is 0. The molecule has 34 heavy (non-hydrogen) atoms. The number of nitrogens with zero attached hydrogens (tertiary/aromatic N) is 2. The normalized spacial score (nSPS) is 20.8. The van der Waals surface area contributed by atoms with Gasteiger partial charge in [-0.3, -0.25) is 4.52 Å². The van der Waals surface area contributed by atoms with Crippen molar-refractivity contribution >= 4 is 23.9 Å². The molecule has 1 aromatic carbocycles. The van der Waals surface area contributed by atoms with Crippen LogP contribution in [-0.2, 0) is 28.6 Å². The molecule has 0 radical (unpaired) electrons. The summed E-state index contributed by atoms with van der Waals surface area (Å²) in [6.45, 7) is -1.42. The number of halogens is 3. The molecular weight excluding hydrogens is 508 g/mol. The monoisotopic (exact) mass is 532 g/mol. The third-order valence-electron chi connectivity index (χ3n) is 5.53. The van der Waals surface area contributed by atoms with Gasteiger partial charge < -0.3 is 24.2 Å². The first-order valence-electron chi connectivity index (χ1n) is 10.1. The lowest BCUT2D eigenvalue weighted by Crippen LogP contribution is -2.58. The van der Waals surface area contributed by atoms with Gasteiger partial charge in [0.25, 0.3) is 0 Å². The number of alkyl halides is 3. The Morgan fingerprint density at radius 2 is 1.79 bits per heavy atom. The van der Waals surface area contributed by atoms with E-state index < -0.39 is 48.4 Å². The molecule has 16 heteroatoms. The third kappa shape index (κ3) is 6.68. The molecule has 1 unspecified atom stereocenters. The van der Waals surface area contributed by atoms with Crippen molar-refractivity contribution in [3.05, 3.63) is 30.3 Å². The lowest BCUT2D eigenvalue weighted by atomic mass is 9.90. The van der Waals surface area contributed by atoms with Gasteiger partial charge in [0.2, 0.25) is 16.1 Å². The first-order valence-corrected chi connectivity index (χ1v) is 13.1. The minimum Gasteiger partial charge on any atom is -0.434 e. The van der Waals surface area contributed by atoms with Gasteiger partial charge in [0, 0.05) is 26.2 Å². The number of carbonyl (C=O) groups is 1. The number of phosphoric acid groups is 1. The van der Waals surface area contributed by atoms with E-state index in [4.69, 9.17) is 14.5 Å². The van der Waals surface area contributed by atoms with E-state index in [1.165, 1.54) is 16.4 Å². The number of hydrogen-bond donors (Lipinski definition) is 2. The summed E-state index contributed by atoms with van der Waals surface area (Å²) < 4.78 is 91.2. The fourth-order valence-corrected chi connectivity index (χ4v) is 5.56. The maximum absolute atomic E-state index is 13.1. The zero-order valence-corrected chi connectivity index (χ0v) is 19.5. The number of benzene rings is 1. The Hall–Kier alpha value is -1.74. The summed E-state index contributed by atoms with van der Waals surface area (Å²) in [6, 6.07) is 7.85. The van der Waals surface area contributed by atoms with E-state index >= 15 is 0 Å². The Morgan fingerprint density at radius 1 is 1.18 bits per heavy atom. The SMILES string of the molecule is O=C(OC(COP(=O)(O)O)C(F)(F)F)N1CCC2(CC1)CN(S(=O)(=O)c1ccccc1)CCO2. The van der Waals surface area contributed by atoms with E-state index in [2.05, 4.69) is 9.26 Å². The molecule has 0 bridgehead atoms. The maximum atomic E-state index is 13.1. The number of phosphoric ester groups is 1. The summed E-state index contributed by atoms with van der Waals surface area (Å²) >= 11 is 0. The summed E-state index contributed by atoms with van der Waals surface area (Å²) in [4.78, 5) is 30.6. The van der Waals surface area contributed by atoms with Crippen molar-refractivity contribution < 1.29 is 54.7 Å². The van der Waals surface area contributed by atoms with Crippen LogP contribution in [0.15, 0.2) is 35.2 Å². The fraction of sp³-hybridized carbons (Fsp3) is 0.611. The second kappa shape index (κ2) is 10.1.